The van der Waals surface area contributed by atoms with E-state index in [1.54, 1.807) is 12.1 Å². The van der Waals surface area contributed by atoms with E-state index in [1.807, 2.05) is 0 Å². The summed E-state index contributed by atoms with van der Waals surface area (Å²) in [6.45, 7) is -0.549. The van der Waals surface area contributed by atoms with Crippen molar-refractivity contribution in [1.29, 1.82) is 0 Å². The summed E-state index contributed by atoms with van der Waals surface area (Å²) < 4.78 is 5.32. The summed E-state index contributed by atoms with van der Waals surface area (Å²) in [7, 11) is 0. The van der Waals surface area contributed by atoms with Crippen LogP contribution in [-0.4, -0.2) is 41.1 Å². The highest BCUT2D eigenvalue weighted by Gasteiger charge is 2.33. The minimum Gasteiger partial charge on any atom is -0.482 e. The first-order valence-electron chi connectivity index (χ1n) is 6.06. The molecule has 0 spiro atoms. The summed E-state index contributed by atoms with van der Waals surface area (Å²) in [6, 6.07) is 4.70. The Morgan fingerprint density at radius 2 is 2.05 bits per heavy atom. The zero-order valence-electron chi connectivity index (χ0n) is 10.5. The van der Waals surface area contributed by atoms with Crippen LogP contribution < -0.4 is 4.74 Å². The second kappa shape index (κ2) is 6.33. The van der Waals surface area contributed by atoms with E-state index in [2.05, 4.69) is 0 Å². The molecule has 0 bridgehead atoms. The summed E-state index contributed by atoms with van der Waals surface area (Å²) in [6.07, 6.45) is 1.67. The van der Waals surface area contributed by atoms with E-state index in [0.717, 1.165) is 12.8 Å². The van der Waals surface area contributed by atoms with E-state index in [9.17, 15) is 9.59 Å². The van der Waals surface area contributed by atoms with Crippen molar-refractivity contribution in [2.24, 2.45) is 0 Å². The molecular formula is C13H13Cl2NO4. The molecule has 1 aromatic rings. The Bertz CT molecular complexity index is 531. The molecule has 2 rings (SSSR count). The first-order chi connectivity index (χ1) is 9.47. The summed E-state index contributed by atoms with van der Waals surface area (Å²) in [5.74, 6) is -1.05. The summed E-state index contributed by atoms with van der Waals surface area (Å²) in [5, 5.41) is 9.58. The first-order valence-corrected chi connectivity index (χ1v) is 6.82. The number of carboxylic acids is 1. The number of amides is 1. The second-order valence-electron chi connectivity index (χ2n) is 4.51. The number of rotatable bonds is 6. The van der Waals surface area contributed by atoms with Crippen LogP contribution in [0.5, 0.6) is 5.75 Å². The maximum Gasteiger partial charge on any atom is 0.323 e. The highest BCUT2D eigenvalue weighted by molar-refractivity contribution is 6.35. The van der Waals surface area contributed by atoms with Crippen molar-refractivity contribution in [2.75, 3.05) is 13.2 Å². The molecule has 0 aliphatic heterocycles. The van der Waals surface area contributed by atoms with Crippen LogP contribution in [0.15, 0.2) is 18.2 Å². The fourth-order valence-electron chi connectivity index (χ4n) is 1.77. The molecule has 1 fully saturated rings. The predicted molar refractivity (Wildman–Crippen MR) is 74.3 cm³/mol. The molecule has 0 radical (unpaired) electrons. The Balaban J connectivity index is 1.94. The molecule has 1 saturated carbocycles. The standard InChI is InChI=1S/C13H13Cl2NO4/c14-8-1-4-11(10(15)5-8)20-7-12(17)16(6-13(18)19)9-2-3-9/h1,4-5,9H,2-3,6-7H2,(H,18,19). The number of carboxylic acid groups (broad SMARTS) is 1. The van der Waals surface area contributed by atoms with Crippen LogP contribution in [0.2, 0.25) is 10.0 Å². The quantitative estimate of drug-likeness (QED) is 0.875. The van der Waals surface area contributed by atoms with Gasteiger partial charge in [-0.05, 0) is 31.0 Å². The Hall–Kier alpha value is -1.46. The largest absolute Gasteiger partial charge is 0.482 e. The number of hydrogen-bond acceptors (Lipinski definition) is 3. The molecule has 1 N–H and O–H groups in total. The van der Waals surface area contributed by atoms with Crippen LogP contribution in [0.3, 0.4) is 0 Å². The maximum absolute atomic E-state index is 12.0. The lowest BCUT2D eigenvalue weighted by molar-refractivity contribution is -0.145. The molecule has 1 aliphatic carbocycles. The number of hydrogen-bond donors (Lipinski definition) is 1. The lowest BCUT2D eigenvalue weighted by Gasteiger charge is -2.20. The summed E-state index contributed by atoms with van der Waals surface area (Å²) in [4.78, 5) is 24.0. The van der Waals surface area contributed by atoms with Crippen molar-refractivity contribution < 1.29 is 19.4 Å². The normalized spacial score (nSPS) is 13.9. The maximum atomic E-state index is 12.0. The molecule has 0 saturated heterocycles. The Morgan fingerprint density at radius 1 is 1.35 bits per heavy atom. The fourth-order valence-corrected chi connectivity index (χ4v) is 2.23. The highest BCUT2D eigenvalue weighted by Crippen LogP contribution is 2.29. The topological polar surface area (TPSA) is 66.8 Å². The van der Waals surface area contributed by atoms with Crippen LogP contribution in [0.1, 0.15) is 12.8 Å². The van der Waals surface area contributed by atoms with Gasteiger partial charge in [0.25, 0.3) is 5.91 Å². The third-order valence-corrected chi connectivity index (χ3v) is 3.39. The molecule has 0 atom stereocenters. The zero-order chi connectivity index (χ0) is 14.7. The predicted octanol–water partition coefficient (Wildman–Crippen LogP) is 2.45. The van der Waals surface area contributed by atoms with E-state index < -0.39 is 5.97 Å². The molecule has 1 amide bonds. The van der Waals surface area contributed by atoms with Crippen LogP contribution in [0.25, 0.3) is 0 Å². The van der Waals surface area contributed by atoms with Gasteiger partial charge in [-0.1, -0.05) is 23.2 Å². The number of nitrogens with zero attached hydrogens (tertiary/aromatic N) is 1. The molecule has 0 unspecified atom stereocenters. The van der Waals surface area contributed by atoms with Crippen molar-refractivity contribution >= 4 is 35.1 Å². The van der Waals surface area contributed by atoms with Gasteiger partial charge >= 0.3 is 5.97 Å². The molecule has 7 heteroatoms. The lowest BCUT2D eigenvalue weighted by Crippen LogP contribution is -2.40. The van der Waals surface area contributed by atoms with Crippen LogP contribution in [0, 0.1) is 0 Å². The van der Waals surface area contributed by atoms with Gasteiger partial charge in [-0.3, -0.25) is 9.59 Å². The van der Waals surface area contributed by atoms with Gasteiger partial charge in [0.2, 0.25) is 0 Å². The van der Waals surface area contributed by atoms with E-state index in [0.29, 0.717) is 15.8 Å². The van der Waals surface area contributed by atoms with Crippen molar-refractivity contribution in [3.63, 3.8) is 0 Å². The third kappa shape index (κ3) is 4.02. The van der Waals surface area contributed by atoms with Gasteiger partial charge in [-0.2, -0.15) is 0 Å². The van der Waals surface area contributed by atoms with Gasteiger partial charge in [0.05, 0.1) is 5.02 Å². The fraction of sp³-hybridized carbons (Fsp3) is 0.385. The SMILES string of the molecule is O=C(O)CN(C(=O)COc1ccc(Cl)cc1Cl)C1CC1. The van der Waals surface area contributed by atoms with Gasteiger partial charge in [0.1, 0.15) is 12.3 Å². The zero-order valence-corrected chi connectivity index (χ0v) is 12.0. The number of halogens is 2. The summed E-state index contributed by atoms with van der Waals surface area (Å²) >= 11 is 11.7. The Kier molecular flexibility index (Phi) is 4.73. The minimum absolute atomic E-state index is 0.0166. The number of benzene rings is 1. The van der Waals surface area contributed by atoms with Gasteiger partial charge in [-0.15, -0.1) is 0 Å². The lowest BCUT2D eigenvalue weighted by atomic mass is 10.3. The number of ether oxygens (including phenoxy) is 1. The van der Waals surface area contributed by atoms with Crippen molar-refractivity contribution in [2.45, 2.75) is 18.9 Å². The Labute approximate surface area is 126 Å². The third-order valence-electron chi connectivity index (χ3n) is 2.86. The molecule has 1 aliphatic rings. The Morgan fingerprint density at radius 3 is 2.60 bits per heavy atom. The molecule has 0 heterocycles. The van der Waals surface area contributed by atoms with E-state index in [4.69, 9.17) is 33.0 Å². The van der Waals surface area contributed by atoms with E-state index in [-0.39, 0.29) is 25.1 Å². The molecule has 1 aromatic carbocycles. The highest BCUT2D eigenvalue weighted by atomic mass is 35.5. The average Bonchev–Trinajstić information content (AvgIpc) is 3.18. The van der Waals surface area contributed by atoms with Gasteiger partial charge in [0, 0.05) is 11.1 Å². The van der Waals surface area contributed by atoms with Gasteiger partial charge in [0.15, 0.2) is 6.61 Å². The van der Waals surface area contributed by atoms with Crippen LogP contribution in [-0.2, 0) is 9.59 Å². The molecule has 108 valence electrons. The van der Waals surface area contributed by atoms with Crippen molar-refractivity contribution in [3.8, 4) is 5.75 Å². The van der Waals surface area contributed by atoms with Crippen molar-refractivity contribution in [1.82, 2.24) is 4.90 Å². The monoisotopic (exact) mass is 317 g/mol. The smallest absolute Gasteiger partial charge is 0.323 e. The van der Waals surface area contributed by atoms with E-state index >= 15 is 0 Å². The molecule has 0 aromatic heterocycles. The van der Waals surface area contributed by atoms with Crippen molar-refractivity contribution in [3.05, 3.63) is 28.2 Å². The molecule has 20 heavy (non-hydrogen) atoms. The summed E-state index contributed by atoms with van der Waals surface area (Å²) in [5.41, 5.74) is 0. The van der Waals surface area contributed by atoms with E-state index in [1.165, 1.54) is 11.0 Å². The first kappa shape index (κ1) is 14.9. The molecular weight excluding hydrogens is 305 g/mol. The number of aliphatic carboxylic acids is 1. The average molecular weight is 318 g/mol. The van der Waals surface area contributed by atoms with Gasteiger partial charge in [-0.25, -0.2) is 0 Å². The second-order valence-corrected chi connectivity index (χ2v) is 5.35. The minimum atomic E-state index is -1.03. The molecule has 5 nitrogen and oxygen atoms in total. The van der Waals surface area contributed by atoms with Crippen LogP contribution in [0.4, 0.5) is 0 Å². The van der Waals surface area contributed by atoms with Crippen LogP contribution >= 0.6 is 23.2 Å². The van der Waals surface area contributed by atoms with Gasteiger partial charge < -0.3 is 14.7 Å². The number of carbonyl (C=O) groups is 2. The number of carbonyl (C=O) groups excluding carboxylic acids is 1.